The summed E-state index contributed by atoms with van der Waals surface area (Å²) in [6.07, 6.45) is -0.149. The molecule has 2 aromatic heterocycles. The van der Waals surface area contributed by atoms with Gasteiger partial charge >= 0.3 is 19.7 Å². The van der Waals surface area contributed by atoms with Crippen molar-refractivity contribution in [2.24, 2.45) is 13.0 Å². The number of aromatic nitrogens is 3. The number of aliphatic carboxylic acids is 1. The number of hydrogen-bond donors (Lipinski definition) is 4. The van der Waals surface area contributed by atoms with Crippen LogP contribution in [0.1, 0.15) is 62.1 Å². The van der Waals surface area contributed by atoms with E-state index in [1.807, 2.05) is 0 Å². The maximum atomic E-state index is 14.2. The molecule has 2 heterocycles. The molecule has 0 atom stereocenters. The smallest absolute Gasteiger partial charge is 0.421 e. The predicted octanol–water partition coefficient (Wildman–Crippen LogP) is 8.31. The van der Waals surface area contributed by atoms with Gasteiger partial charge in [0.1, 0.15) is 17.1 Å². The van der Waals surface area contributed by atoms with Crippen LogP contribution in [0.5, 0.6) is 11.6 Å². The summed E-state index contributed by atoms with van der Waals surface area (Å²) in [6.45, 7) is 3.82. The number of carboxylic acid groups (broad SMARTS) is 1. The Hall–Kier alpha value is -4.33. The van der Waals surface area contributed by atoms with Crippen LogP contribution in [0.25, 0.3) is 10.8 Å². The molecule has 12 nitrogen and oxygen atoms in total. The molecule has 1 fully saturated rings. The lowest BCUT2D eigenvalue weighted by molar-refractivity contribution is -0.143. The van der Waals surface area contributed by atoms with E-state index in [4.69, 9.17) is 13.8 Å². The van der Waals surface area contributed by atoms with Crippen LogP contribution in [-0.4, -0.2) is 51.0 Å². The van der Waals surface area contributed by atoms with Gasteiger partial charge in [-0.2, -0.15) is 18.2 Å². The van der Waals surface area contributed by atoms with Gasteiger partial charge < -0.3 is 39.2 Å². The molecule has 0 radical (unpaired) electrons. The maximum Gasteiger partial charge on any atom is 0.421 e. The first kappa shape index (κ1) is 36.0. The van der Waals surface area contributed by atoms with Gasteiger partial charge in [-0.15, -0.1) is 0 Å². The molecule has 4 aromatic rings. The van der Waals surface area contributed by atoms with E-state index in [9.17, 15) is 32.7 Å². The van der Waals surface area contributed by atoms with Crippen molar-refractivity contribution in [2.75, 3.05) is 31.0 Å². The summed E-state index contributed by atoms with van der Waals surface area (Å²) in [5.74, 6) is -1.77. The third-order valence-electron chi connectivity index (χ3n) is 8.56. The molecule has 0 aliphatic heterocycles. The van der Waals surface area contributed by atoms with Crippen LogP contribution in [0, 0.1) is 5.92 Å². The molecular weight excluding hydrogens is 666 g/mol. The Morgan fingerprint density at radius 2 is 1.73 bits per heavy atom. The topological polar surface area (TPSA) is 157 Å². The predicted molar refractivity (Wildman–Crippen MR) is 178 cm³/mol. The number of ether oxygens (including phenoxy) is 1. The van der Waals surface area contributed by atoms with Crippen LogP contribution in [0.2, 0.25) is 0 Å². The Balaban J connectivity index is 1.47. The number of methoxy groups -OCH3 is 1. The monoisotopic (exact) mass is 705 g/mol. The fourth-order valence-electron chi connectivity index (χ4n) is 6.23. The number of carbonyl (C=O) groups is 1. The molecule has 16 heteroatoms. The summed E-state index contributed by atoms with van der Waals surface area (Å²) in [5.41, 5.74) is 0.887. The normalized spacial score (nSPS) is 16.9. The van der Waals surface area contributed by atoms with Gasteiger partial charge in [-0.05, 0) is 74.8 Å². The summed E-state index contributed by atoms with van der Waals surface area (Å²) in [7, 11) is -0.369. The molecule has 0 bridgehead atoms. The number of carboxylic acids is 1. The van der Waals surface area contributed by atoms with Crippen LogP contribution in [0.4, 0.5) is 36.3 Å². The second-order valence-corrected chi connectivity index (χ2v) is 13.8. The zero-order valence-corrected chi connectivity index (χ0v) is 28.4. The van der Waals surface area contributed by atoms with E-state index in [0.717, 1.165) is 5.56 Å². The number of aromatic hydroxyl groups is 1. The van der Waals surface area contributed by atoms with Gasteiger partial charge in [0.25, 0.3) is 0 Å². The molecule has 0 unspecified atom stereocenters. The third-order valence-corrected chi connectivity index (χ3v) is 10.6. The van der Waals surface area contributed by atoms with E-state index < -0.39 is 37.0 Å². The highest BCUT2D eigenvalue weighted by Crippen LogP contribution is 2.52. The lowest BCUT2D eigenvalue weighted by atomic mass is 9.78. The number of nitrogens with one attached hydrogen (secondary N) is 2. The van der Waals surface area contributed by atoms with Crippen molar-refractivity contribution >= 4 is 47.5 Å². The van der Waals surface area contributed by atoms with E-state index in [2.05, 4.69) is 20.6 Å². The van der Waals surface area contributed by atoms with E-state index >= 15 is 0 Å². The molecule has 4 N–H and O–H groups in total. The fraction of sp³-hybridized carbons (Fsp3) is 0.424. The first-order chi connectivity index (χ1) is 23.3. The van der Waals surface area contributed by atoms with E-state index in [1.54, 1.807) is 57.4 Å². The van der Waals surface area contributed by atoms with E-state index in [-0.39, 0.29) is 42.8 Å². The molecule has 0 saturated heterocycles. The van der Waals surface area contributed by atoms with Crippen LogP contribution >= 0.6 is 7.60 Å². The van der Waals surface area contributed by atoms with Gasteiger partial charge in [-0.25, -0.2) is 4.98 Å². The molecule has 0 spiro atoms. The van der Waals surface area contributed by atoms with Gasteiger partial charge in [-0.3, -0.25) is 9.36 Å². The Morgan fingerprint density at radius 1 is 1.06 bits per heavy atom. The minimum absolute atomic E-state index is 0.0145. The summed E-state index contributed by atoms with van der Waals surface area (Å²) >= 11 is 0. The highest BCUT2D eigenvalue weighted by atomic mass is 31.2. The third kappa shape index (κ3) is 7.95. The first-order valence-corrected chi connectivity index (χ1v) is 17.6. The Bertz CT molecular complexity index is 1870. The average Bonchev–Trinajstić information content (AvgIpc) is 3.35. The largest absolute Gasteiger partial charge is 0.495 e. The number of fused-ring (bicyclic) bond motifs is 1. The van der Waals surface area contributed by atoms with Crippen molar-refractivity contribution in [1.82, 2.24) is 14.5 Å². The van der Waals surface area contributed by atoms with Gasteiger partial charge in [0, 0.05) is 24.8 Å². The van der Waals surface area contributed by atoms with Crippen LogP contribution in [-0.2, 0) is 37.8 Å². The first-order valence-electron chi connectivity index (χ1n) is 15.8. The summed E-state index contributed by atoms with van der Waals surface area (Å²) in [5, 5.41) is 27.1. The average molecular weight is 706 g/mol. The quantitative estimate of drug-likeness (QED) is 0.0992. The van der Waals surface area contributed by atoms with Gasteiger partial charge in [-0.1, -0.05) is 12.1 Å². The molecule has 1 aliphatic rings. The van der Waals surface area contributed by atoms with Crippen molar-refractivity contribution in [3.8, 4) is 11.6 Å². The van der Waals surface area contributed by atoms with Gasteiger partial charge in [0.2, 0.25) is 11.8 Å². The lowest BCUT2D eigenvalue weighted by Gasteiger charge is -2.27. The zero-order valence-electron chi connectivity index (χ0n) is 27.5. The van der Waals surface area contributed by atoms with Gasteiger partial charge in [0.15, 0.2) is 0 Å². The molecule has 5 rings (SSSR count). The molecule has 1 aliphatic carbocycles. The number of alkyl halides is 3. The number of halogens is 3. The maximum absolute atomic E-state index is 14.2. The highest BCUT2D eigenvalue weighted by molar-refractivity contribution is 7.53. The Kier molecular flexibility index (Phi) is 10.8. The molecular formula is C33H39F3N5O7P. The number of anilines is 4. The van der Waals surface area contributed by atoms with Crippen molar-refractivity contribution < 1.29 is 46.5 Å². The van der Waals surface area contributed by atoms with Crippen molar-refractivity contribution in [1.29, 1.82) is 0 Å². The van der Waals surface area contributed by atoms with E-state index in [1.165, 1.54) is 11.7 Å². The number of nitrogens with zero attached hydrogens (tertiary/aromatic N) is 3. The van der Waals surface area contributed by atoms with Gasteiger partial charge in [0.05, 0.1) is 49.2 Å². The summed E-state index contributed by atoms with van der Waals surface area (Å²) in [6, 6.07) is 8.26. The molecule has 2 aromatic carbocycles. The van der Waals surface area contributed by atoms with Crippen molar-refractivity contribution in [3.05, 3.63) is 59.4 Å². The second-order valence-electron chi connectivity index (χ2n) is 11.8. The SMILES string of the molecule is CCOP(=O)(Cc1ccc(Nc2ncc(C(F)(F)F)c(Nc3ccc(C4CCC(C(=O)O)CC4)c4cn(C)c(O)c34)n2)c(OC)c1)OCC. The number of benzene rings is 2. The van der Waals surface area contributed by atoms with Crippen molar-refractivity contribution in [2.45, 2.75) is 57.8 Å². The van der Waals surface area contributed by atoms with E-state index in [0.29, 0.717) is 59.7 Å². The molecule has 49 heavy (non-hydrogen) atoms. The van der Waals surface area contributed by atoms with Crippen LogP contribution in [0.3, 0.4) is 0 Å². The highest BCUT2D eigenvalue weighted by Gasteiger charge is 2.36. The minimum Gasteiger partial charge on any atom is -0.495 e. The Morgan fingerprint density at radius 3 is 2.35 bits per heavy atom. The molecule has 1 saturated carbocycles. The fourth-order valence-corrected chi connectivity index (χ4v) is 7.92. The second kappa shape index (κ2) is 14.7. The Labute approximate surface area is 281 Å². The number of hydrogen-bond acceptors (Lipinski definition) is 10. The zero-order chi connectivity index (χ0) is 35.5. The summed E-state index contributed by atoms with van der Waals surface area (Å²) < 4.78 is 73.4. The van der Waals surface area contributed by atoms with Crippen molar-refractivity contribution in [3.63, 3.8) is 0 Å². The number of rotatable bonds is 13. The minimum atomic E-state index is -4.81. The molecule has 0 amide bonds. The standard InChI is InChI=1S/C33H39F3N5O7P/c1-5-47-49(45,48-6-2)18-19-7-13-25(27(15-19)46-4)39-32-37-16-24(33(34,35)36)29(40-32)38-26-14-12-22(23-17-41(3)30(42)28(23)26)20-8-10-21(11-9-20)31(43)44/h7,12-17,20-21,42H,5-6,8-11,18H2,1-4H3,(H,43,44)(H2,37,38,39,40). The van der Waals surface area contributed by atoms with Crippen LogP contribution in [0.15, 0.2) is 42.7 Å². The summed E-state index contributed by atoms with van der Waals surface area (Å²) in [4.78, 5) is 19.6. The lowest BCUT2D eigenvalue weighted by Crippen LogP contribution is -2.20. The number of aryl methyl sites for hydroxylation is 1. The molecule has 264 valence electrons. The van der Waals surface area contributed by atoms with Crippen LogP contribution < -0.4 is 15.4 Å².